The number of hydrogen-bond acceptors (Lipinski definition) is 4. The van der Waals surface area contributed by atoms with Gasteiger partial charge in [-0.05, 0) is 0 Å². The quantitative estimate of drug-likeness (QED) is 0.611. The molecule has 1 aliphatic rings. The van der Waals surface area contributed by atoms with Gasteiger partial charge in [-0.25, -0.2) is 4.79 Å². The van der Waals surface area contributed by atoms with Gasteiger partial charge in [-0.3, -0.25) is 0 Å². The highest BCUT2D eigenvalue weighted by Gasteiger charge is 2.38. The Hall–Kier alpha value is -1.80. The van der Waals surface area contributed by atoms with E-state index in [0.717, 1.165) is 0 Å². The zero-order valence-electron chi connectivity index (χ0n) is 7.30. The molecule has 0 aliphatic carbocycles. The highest BCUT2D eigenvalue weighted by atomic mass is 19.4. The van der Waals surface area contributed by atoms with Crippen LogP contribution in [0.4, 0.5) is 13.2 Å². The van der Waals surface area contributed by atoms with Crippen molar-refractivity contribution in [1.29, 1.82) is 10.5 Å². The lowest BCUT2D eigenvalue weighted by molar-refractivity contribution is -0.192. The fraction of sp³-hybridized carbons (Fsp3) is 0.571. The van der Waals surface area contributed by atoms with Crippen molar-refractivity contribution in [3.63, 3.8) is 0 Å². The SMILES string of the molecule is N#CC1(C#N)CNC1.O=C(O)C(F)(F)F. The summed E-state index contributed by atoms with van der Waals surface area (Å²) in [6.45, 7) is 1.06. The first kappa shape index (κ1) is 13.2. The second-order valence-electron chi connectivity index (χ2n) is 2.71. The molecule has 0 amide bonds. The van der Waals surface area contributed by atoms with Crippen molar-refractivity contribution in [1.82, 2.24) is 5.32 Å². The molecule has 0 saturated carbocycles. The minimum atomic E-state index is -5.08. The lowest BCUT2D eigenvalue weighted by atomic mass is 9.86. The predicted octanol–water partition coefficient (Wildman–Crippen LogP) is 0.256. The van der Waals surface area contributed by atoms with Gasteiger partial charge in [0.1, 0.15) is 0 Å². The molecule has 1 aliphatic heterocycles. The summed E-state index contributed by atoms with van der Waals surface area (Å²) in [6, 6.07) is 3.88. The summed E-state index contributed by atoms with van der Waals surface area (Å²) in [6.07, 6.45) is -5.08. The Bertz CT molecular complexity index is 306. The summed E-state index contributed by atoms with van der Waals surface area (Å²) in [7, 11) is 0. The van der Waals surface area contributed by atoms with Gasteiger partial charge in [-0.2, -0.15) is 23.7 Å². The molecule has 0 aromatic heterocycles. The van der Waals surface area contributed by atoms with Crippen LogP contribution in [0.15, 0.2) is 0 Å². The molecule has 0 aromatic rings. The van der Waals surface area contributed by atoms with E-state index in [-0.39, 0.29) is 0 Å². The fourth-order valence-electron chi connectivity index (χ4n) is 0.558. The fourth-order valence-corrected chi connectivity index (χ4v) is 0.558. The number of carboxylic acids is 1. The van der Waals surface area contributed by atoms with Gasteiger partial charge in [0.25, 0.3) is 0 Å². The smallest absolute Gasteiger partial charge is 0.475 e. The van der Waals surface area contributed by atoms with E-state index in [0.29, 0.717) is 13.1 Å². The highest BCUT2D eigenvalue weighted by Crippen LogP contribution is 2.18. The van der Waals surface area contributed by atoms with Crippen LogP contribution in [0.25, 0.3) is 0 Å². The molecule has 1 fully saturated rings. The Morgan fingerprint density at radius 1 is 1.33 bits per heavy atom. The van der Waals surface area contributed by atoms with Crippen LogP contribution < -0.4 is 5.32 Å². The van der Waals surface area contributed by atoms with Gasteiger partial charge in [-0.1, -0.05) is 0 Å². The monoisotopic (exact) mass is 221 g/mol. The first-order chi connectivity index (χ1) is 6.77. The van der Waals surface area contributed by atoms with Crippen molar-refractivity contribution in [3.05, 3.63) is 0 Å². The average molecular weight is 221 g/mol. The van der Waals surface area contributed by atoms with Crippen molar-refractivity contribution in [2.45, 2.75) is 6.18 Å². The van der Waals surface area contributed by atoms with E-state index in [1.165, 1.54) is 0 Å². The maximum Gasteiger partial charge on any atom is 0.490 e. The number of aliphatic carboxylic acids is 1. The van der Waals surface area contributed by atoms with E-state index in [9.17, 15) is 13.2 Å². The third kappa shape index (κ3) is 3.83. The number of nitrogens with zero attached hydrogens (tertiary/aromatic N) is 2. The number of carbonyl (C=O) groups is 1. The van der Waals surface area contributed by atoms with Gasteiger partial charge in [0.05, 0.1) is 12.1 Å². The van der Waals surface area contributed by atoms with Crippen molar-refractivity contribution in [2.75, 3.05) is 13.1 Å². The molecular formula is C7H6F3N3O2. The van der Waals surface area contributed by atoms with Crippen LogP contribution in [0, 0.1) is 28.1 Å². The molecule has 0 aromatic carbocycles. The van der Waals surface area contributed by atoms with Gasteiger partial charge >= 0.3 is 12.1 Å². The van der Waals surface area contributed by atoms with Gasteiger partial charge in [-0.15, -0.1) is 0 Å². The third-order valence-electron chi connectivity index (χ3n) is 1.52. The average Bonchev–Trinajstić information content (AvgIpc) is 2.03. The number of rotatable bonds is 0. The molecule has 0 bridgehead atoms. The molecule has 15 heavy (non-hydrogen) atoms. The second kappa shape index (κ2) is 4.62. The molecule has 82 valence electrons. The molecule has 1 saturated heterocycles. The van der Waals surface area contributed by atoms with Crippen molar-refractivity contribution < 1.29 is 23.1 Å². The number of alkyl halides is 3. The molecule has 8 heteroatoms. The molecular weight excluding hydrogens is 215 g/mol. The van der Waals surface area contributed by atoms with Gasteiger partial charge in [0.15, 0.2) is 5.41 Å². The predicted molar refractivity (Wildman–Crippen MR) is 40.2 cm³/mol. The van der Waals surface area contributed by atoms with E-state index >= 15 is 0 Å². The van der Waals surface area contributed by atoms with Crippen molar-refractivity contribution in [3.8, 4) is 12.1 Å². The summed E-state index contributed by atoms with van der Waals surface area (Å²) >= 11 is 0. The van der Waals surface area contributed by atoms with Crippen LogP contribution in [-0.2, 0) is 4.79 Å². The third-order valence-corrected chi connectivity index (χ3v) is 1.52. The Balaban J connectivity index is 0.000000265. The zero-order valence-corrected chi connectivity index (χ0v) is 7.30. The Morgan fingerprint density at radius 2 is 1.67 bits per heavy atom. The number of carboxylic acid groups (broad SMARTS) is 1. The van der Waals surface area contributed by atoms with Crippen LogP contribution in [0.2, 0.25) is 0 Å². The van der Waals surface area contributed by atoms with Gasteiger partial charge in [0.2, 0.25) is 0 Å². The Kier molecular flexibility index (Phi) is 4.07. The Labute approximate surface area is 82.7 Å². The van der Waals surface area contributed by atoms with Crippen molar-refractivity contribution >= 4 is 5.97 Å². The van der Waals surface area contributed by atoms with E-state index in [1.807, 2.05) is 12.1 Å². The highest BCUT2D eigenvalue weighted by molar-refractivity contribution is 5.73. The molecule has 0 atom stereocenters. The van der Waals surface area contributed by atoms with Crippen LogP contribution in [0.1, 0.15) is 0 Å². The number of nitriles is 2. The largest absolute Gasteiger partial charge is 0.490 e. The molecule has 0 radical (unpaired) electrons. The molecule has 0 unspecified atom stereocenters. The minimum Gasteiger partial charge on any atom is -0.475 e. The van der Waals surface area contributed by atoms with E-state index in [4.69, 9.17) is 20.4 Å². The zero-order chi connectivity index (χ0) is 12.1. The Morgan fingerprint density at radius 3 is 1.67 bits per heavy atom. The standard InChI is InChI=1S/C5H5N3.C2HF3O2/c6-1-5(2-7)3-8-4-5;3-2(4,5)1(6)7/h8H,3-4H2;(H,6,7). The molecule has 5 nitrogen and oxygen atoms in total. The van der Waals surface area contributed by atoms with Crippen LogP contribution in [0.3, 0.4) is 0 Å². The first-order valence-electron chi connectivity index (χ1n) is 3.61. The molecule has 1 heterocycles. The van der Waals surface area contributed by atoms with E-state index < -0.39 is 17.6 Å². The first-order valence-corrected chi connectivity index (χ1v) is 3.61. The minimum absolute atomic E-state index is 0.528. The molecule has 1 rings (SSSR count). The van der Waals surface area contributed by atoms with Gasteiger partial charge < -0.3 is 10.4 Å². The van der Waals surface area contributed by atoms with Gasteiger partial charge in [0, 0.05) is 13.1 Å². The number of hydrogen-bond donors (Lipinski definition) is 2. The maximum atomic E-state index is 10.6. The summed E-state index contributed by atoms with van der Waals surface area (Å²) < 4.78 is 31.7. The summed E-state index contributed by atoms with van der Waals surface area (Å²) in [5.41, 5.74) is -0.694. The topological polar surface area (TPSA) is 96.9 Å². The lowest BCUT2D eigenvalue weighted by Gasteiger charge is -2.28. The molecule has 2 N–H and O–H groups in total. The second-order valence-corrected chi connectivity index (χ2v) is 2.71. The normalized spacial score (nSPS) is 17.1. The van der Waals surface area contributed by atoms with Crippen LogP contribution >= 0.6 is 0 Å². The van der Waals surface area contributed by atoms with Crippen molar-refractivity contribution in [2.24, 2.45) is 5.41 Å². The molecule has 0 spiro atoms. The maximum absolute atomic E-state index is 10.6. The number of nitrogens with one attached hydrogen (secondary N) is 1. The lowest BCUT2D eigenvalue weighted by Crippen LogP contribution is -2.51. The van der Waals surface area contributed by atoms with E-state index in [2.05, 4.69) is 5.32 Å². The summed E-state index contributed by atoms with van der Waals surface area (Å²) in [5.74, 6) is -2.76. The number of halogens is 3. The van der Waals surface area contributed by atoms with Crippen LogP contribution in [-0.4, -0.2) is 30.3 Å². The van der Waals surface area contributed by atoms with E-state index in [1.54, 1.807) is 0 Å². The summed E-state index contributed by atoms with van der Waals surface area (Å²) in [4.78, 5) is 8.90. The van der Waals surface area contributed by atoms with Crippen LogP contribution in [0.5, 0.6) is 0 Å². The summed E-state index contributed by atoms with van der Waals surface area (Å²) in [5, 5.41) is 26.6.